The van der Waals surface area contributed by atoms with Gasteiger partial charge in [0.15, 0.2) is 0 Å². The zero-order chi connectivity index (χ0) is 11.1. The fourth-order valence-electron chi connectivity index (χ4n) is 1.84. The van der Waals surface area contributed by atoms with E-state index in [4.69, 9.17) is 0 Å². The summed E-state index contributed by atoms with van der Waals surface area (Å²) >= 11 is 0. The van der Waals surface area contributed by atoms with Gasteiger partial charge in [-0.1, -0.05) is 12.1 Å². The van der Waals surface area contributed by atoms with E-state index < -0.39 is 5.60 Å². The standard InChI is InChI=1S/C13H17NO/c1-4-14-8-7-10-5-6-11(9-12(10)14)13(2,3)15/h5-9,15H,4H2,1-3H3. The van der Waals surface area contributed by atoms with E-state index in [0.29, 0.717) is 0 Å². The van der Waals surface area contributed by atoms with Gasteiger partial charge in [-0.3, -0.25) is 0 Å². The van der Waals surface area contributed by atoms with E-state index in [1.807, 2.05) is 19.9 Å². The average Bonchev–Trinajstić information content (AvgIpc) is 2.57. The number of rotatable bonds is 2. The molecular weight excluding hydrogens is 186 g/mol. The van der Waals surface area contributed by atoms with Crippen molar-refractivity contribution >= 4 is 10.9 Å². The molecule has 80 valence electrons. The third-order valence-corrected chi connectivity index (χ3v) is 2.82. The topological polar surface area (TPSA) is 25.2 Å². The summed E-state index contributed by atoms with van der Waals surface area (Å²) in [4.78, 5) is 0. The Kier molecular flexibility index (Phi) is 2.31. The molecule has 0 aliphatic rings. The van der Waals surface area contributed by atoms with E-state index >= 15 is 0 Å². The van der Waals surface area contributed by atoms with Crippen molar-refractivity contribution in [2.24, 2.45) is 0 Å². The first-order chi connectivity index (χ1) is 7.02. The fourth-order valence-corrected chi connectivity index (χ4v) is 1.84. The normalized spacial score (nSPS) is 12.3. The van der Waals surface area contributed by atoms with Gasteiger partial charge in [0, 0.05) is 18.3 Å². The summed E-state index contributed by atoms with van der Waals surface area (Å²) in [6.07, 6.45) is 2.08. The SMILES string of the molecule is CCn1ccc2ccc(C(C)(C)O)cc21. The van der Waals surface area contributed by atoms with Crippen LogP contribution in [0.25, 0.3) is 10.9 Å². The molecule has 0 amide bonds. The highest BCUT2D eigenvalue weighted by molar-refractivity contribution is 5.81. The van der Waals surface area contributed by atoms with Gasteiger partial charge in [-0.25, -0.2) is 0 Å². The number of aryl methyl sites for hydroxylation is 1. The molecule has 0 fully saturated rings. The smallest absolute Gasteiger partial charge is 0.0841 e. The Morgan fingerprint density at radius 1 is 1.27 bits per heavy atom. The molecule has 0 radical (unpaired) electrons. The van der Waals surface area contributed by atoms with Crippen LogP contribution in [0.5, 0.6) is 0 Å². The molecule has 0 aliphatic heterocycles. The van der Waals surface area contributed by atoms with Crippen LogP contribution in [0.3, 0.4) is 0 Å². The lowest BCUT2D eigenvalue weighted by Gasteiger charge is -2.18. The molecule has 0 saturated carbocycles. The Bertz CT molecular complexity index is 477. The quantitative estimate of drug-likeness (QED) is 0.797. The van der Waals surface area contributed by atoms with Crippen LogP contribution in [0, 0.1) is 0 Å². The number of aliphatic hydroxyl groups is 1. The number of nitrogens with zero attached hydrogens (tertiary/aromatic N) is 1. The minimum atomic E-state index is -0.767. The van der Waals surface area contributed by atoms with Crippen LogP contribution >= 0.6 is 0 Å². The molecule has 2 nitrogen and oxygen atoms in total. The first-order valence-corrected chi connectivity index (χ1v) is 5.34. The van der Waals surface area contributed by atoms with E-state index in [2.05, 4.69) is 35.9 Å². The van der Waals surface area contributed by atoms with E-state index in [1.54, 1.807) is 0 Å². The maximum atomic E-state index is 9.94. The van der Waals surface area contributed by atoms with Crippen molar-refractivity contribution in [1.29, 1.82) is 0 Å². The van der Waals surface area contributed by atoms with Crippen LogP contribution in [0.1, 0.15) is 26.3 Å². The highest BCUT2D eigenvalue weighted by Crippen LogP contribution is 2.24. The molecule has 0 saturated heterocycles. The zero-order valence-corrected chi connectivity index (χ0v) is 9.49. The van der Waals surface area contributed by atoms with Crippen molar-refractivity contribution in [2.45, 2.75) is 32.9 Å². The summed E-state index contributed by atoms with van der Waals surface area (Å²) in [5, 5.41) is 11.2. The monoisotopic (exact) mass is 203 g/mol. The lowest BCUT2D eigenvalue weighted by molar-refractivity contribution is 0.0787. The second-order valence-corrected chi connectivity index (χ2v) is 4.43. The van der Waals surface area contributed by atoms with Gasteiger partial charge < -0.3 is 9.67 Å². The van der Waals surface area contributed by atoms with E-state index in [1.165, 1.54) is 10.9 Å². The predicted octanol–water partition coefficient (Wildman–Crippen LogP) is 2.89. The van der Waals surface area contributed by atoms with Crippen LogP contribution in [0.4, 0.5) is 0 Å². The van der Waals surface area contributed by atoms with E-state index in [0.717, 1.165) is 12.1 Å². The van der Waals surface area contributed by atoms with Crippen molar-refractivity contribution in [3.8, 4) is 0 Å². The number of hydrogen-bond acceptors (Lipinski definition) is 1. The van der Waals surface area contributed by atoms with Crippen molar-refractivity contribution < 1.29 is 5.11 Å². The zero-order valence-electron chi connectivity index (χ0n) is 9.49. The fraction of sp³-hybridized carbons (Fsp3) is 0.385. The molecule has 1 aromatic carbocycles. The predicted molar refractivity (Wildman–Crippen MR) is 62.9 cm³/mol. The summed E-state index contributed by atoms with van der Waals surface area (Å²) in [6, 6.07) is 8.23. The lowest BCUT2D eigenvalue weighted by Crippen LogP contribution is -2.15. The average molecular weight is 203 g/mol. The van der Waals surface area contributed by atoms with Crippen LogP contribution in [0.15, 0.2) is 30.5 Å². The molecule has 0 atom stereocenters. The maximum Gasteiger partial charge on any atom is 0.0841 e. The Morgan fingerprint density at radius 3 is 2.60 bits per heavy atom. The minimum absolute atomic E-state index is 0.767. The van der Waals surface area contributed by atoms with Crippen molar-refractivity contribution in [3.63, 3.8) is 0 Å². The molecular formula is C13H17NO. The van der Waals surface area contributed by atoms with Gasteiger partial charge in [0.2, 0.25) is 0 Å². The van der Waals surface area contributed by atoms with Crippen LogP contribution in [0.2, 0.25) is 0 Å². The summed E-state index contributed by atoms with van der Waals surface area (Å²) in [5.74, 6) is 0. The number of fused-ring (bicyclic) bond motifs is 1. The first-order valence-electron chi connectivity index (χ1n) is 5.34. The summed E-state index contributed by atoms with van der Waals surface area (Å²) < 4.78 is 2.19. The third-order valence-electron chi connectivity index (χ3n) is 2.82. The molecule has 2 heteroatoms. The molecule has 15 heavy (non-hydrogen) atoms. The Labute approximate surface area is 90.2 Å². The van der Waals surface area contributed by atoms with Crippen LogP contribution in [-0.4, -0.2) is 9.67 Å². The molecule has 0 unspecified atom stereocenters. The number of benzene rings is 1. The van der Waals surface area contributed by atoms with Gasteiger partial charge in [-0.2, -0.15) is 0 Å². The molecule has 2 rings (SSSR count). The molecule has 0 spiro atoms. The molecule has 0 bridgehead atoms. The van der Waals surface area contributed by atoms with Crippen LogP contribution in [-0.2, 0) is 12.1 Å². The highest BCUT2D eigenvalue weighted by Gasteiger charge is 2.16. The number of hydrogen-bond donors (Lipinski definition) is 1. The lowest BCUT2D eigenvalue weighted by atomic mass is 9.97. The molecule has 2 aromatic rings. The minimum Gasteiger partial charge on any atom is -0.386 e. The summed E-state index contributed by atoms with van der Waals surface area (Å²) in [7, 11) is 0. The largest absolute Gasteiger partial charge is 0.386 e. The van der Waals surface area contributed by atoms with Gasteiger partial charge in [-0.05, 0) is 43.9 Å². The second kappa shape index (κ2) is 3.38. The summed E-state index contributed by atoms with van der Waals surface area (Å²) in [5.41, 5.74) is 1.39. The highest BCUT2D eigenvalue weighted by atomic mass is 16.3. The molecule has 1 N–H and O–H groups in total. The van der Waals surface area contributed by atoms with Crippen molar-refractivity contribution in [2.75, 3.05) is 0 Å². The molecule has 1 aromatic heterocycles. The Morgan fingerprint density at radius 2 is 2.00 bits per heavy atom. The third kappa shape index (κ3) is 1.77. The molecule has 1 heterocycles. The van der Waals surface area contributed by atoms with Gasteiger partial charge in [0.05, 0.1) is 5.60 Å². The van der Waals surface area contributed by atoms with E-state index in [-0.39, 0.29) is 0 Å². The number of aromatic nitrogens is 1. The van der Waals surface area contributed by atoms with E-state index in [9.17, 15) is 5.11 Å². The van der Waals surface area contributed by atoms with Gasteiger partial charge >= 0.3 is 0 Å². The summed E-state index contributed by atoms with van der Waals surface area (Å²) in [6.45, 7) is 6.70. The molecule has 0 aliphatic carbocycles. The Hall–Kier alpha value is -1.28. The first kappa shape index (κ1) is 10.2. The van der Waals surface area contributed by atoms with Gasteiger partial charge in [0.1, 0.15) is 0 Å². The van der Waals surface area contributed by atoms with Crippen LogP contribution < -0.4 is 0 Å². The van der Waals surface area contributed by atoms with Gasteiger partial charge in [0.25, 0.3) is 0 Å². The van der Waals surface area contributed by atoms with Crippen molar-refractivity contribution in [1.82, 2.24) is 4.57 Å². The van der Waals surface area contributed by atoms with Crippen molar-refractivity contribution in [3.05, 3.63) is 36.0 Å². The maximum absolute atomic E-state index is 9.94. The Balaban J connectivity index is 2.63. The second-order valence-electron chi connectivity index (χ2n) is 4.43. The van der Waals surface area contributed by atoms with Gasteiger partial charge in [-0.15, -0.1) is 0 Å².